The molecule has 0 fully saturated rings. The molecule has 0 saturated heterocycles. The molecule has 0 aliphatic rings. The molecular formula is C11H12BrF2NO3. The number of rotatable bonds is 7. The minimum Gasteiger partial charge on any atom is -0.481 e. The van der Waals surface area contributed by atoms with Crippen molar-refractivity contribution in [1.29, 1.82) is 0 Å². The summed E-state index contributed by atoms with van der Waals surface area (Å²) in [6.45, 7) is -2.05. The molecule has 0 saturated carbocycles. The number of ether oxygens (including phenoxy) is 1. The van der Waals surface area contributed by atoms with Crippen molar-refractivity contribution in [2.45, 2.75) is 19.6 Å². The van der Waals surface area contributed by atoms with Gasteiger partial charge in [0, 0.05) is 13.1 Å². The van der Waals surface area contributed by atoms with Crippen LogP contribution in [0, 0.1) is 0 Å². The predicted molar refractivity (Wildman–Crippen MR) is 64.7 cm³/mol. The Morgan fingerprint density at radius 3 is 2.78 bits per heavy atom. The number of nitrogens with one attached hydrogen (secondary N) is 1. The number of aliphatic carboxylic acids is 1. The summed E-state index contributed by atoms with van der Waals surface area (Å²) in [5.41, 5.74) is 0.842. The van der Waals surface area contributed by atoms with E-state index in [1.807, 2.05) is 0 Å². The highest BCUT2D eigenvalue weighted by atomic mass is 79.9. The third-order valence-corrected chi connectivity index (χ3v) is 2.68. The fraction of sp³-hybridized carbons (Fsp3) is 0.364. The van der Waals surface area contributed by atoms with E-state index in [2.05, 4.69) is 26.0 Å². The van der Waals surface area contributed by atoms with E-state index < -0.39 is 12.6 Å². The van der Waals surface area contributed by atoms with Crippen LogP contribution in [0.15, 0.2) is 22.7 Å². The van der Waals surface area contributed by atoms with Crippen LogP contribution in [0.4, 0.5) is 8.78 Å². The topological polar surface area (TPSA) is 58.6 Å². The smallest absolute Gasteiger partial charge is 0.387 e. The predicted octanol–water partition coefficient (Wildman–Crippen LogP) is 2.61. The minimum atomic E-state index is -2.86. The number of halogens is 3. The van der Waals surface area contributed by atoms with Crippen LogP contribution in [0.5, 0.6) is 5.75 Å². The average molecular weight is 324 g/mol. The standard InChI is InChI=1S/C11H12BrF2NO3/c12-8-5-7(6-15-4-3-10(16)17)1-2-9(8)18-11(13)14/h1-2,5,11,15H,3-4,6H2,(H,16,17). The average Bonchev–Trinajstić information content (AvgIpc) is 2.27. The van der Waals surface area contributed by atoms with Gasteiger partial charge in [0.15, 0.2) is 0 Å². The van der Waals surface area contributed by atoms with E-state index in [4.69, 9.17) is 5.11 Å². The number of carboxylic acids is 1. The van der Waals surface area contributed by atoms with Crippen LogP contribution >= 0.6 is 15.9 Å². The maximum absolute atomic E-state index is 12.0. The van der Waals surface area contributed by atoms with Crippen LogP contribution in [0.3, 0.4) is 0 Å². The Kier molecular flexibility index (Phi) is 6.00. The lowest BCUT2D eigenvalue weighted by Gasteiger charge is -2.09. The first-order valence-electron chi connectivity index (χ1n) is 5.15. The van der Waals surface area contributed by atoms with Crippen molar-refractivity contribution in [3.8, 4) is 5.75 Å². The maximum atomic E-state index is 12.0. The van der Waals surface area contributed by atoms with Gasteiger partial charge in [0.05, 0.1) is 10.9 Å². The van der Waals surface area contributed by atoms with Crippen LogP contribution in [-0.2, 0) is 11.3 Å². The van der Waals surface area contributed by atoms with Crippen molar-refractivity contribution in [2.24, 2.45) is 0 Å². The van der Waals surface area contributed by atoms with E-state index in [1.54, 1.807) is 12.1 Å². The summed E-state index contributed by atoms with van der Waals surface area (Å²) in [4.78, 5) is 10.3. The van der Waals surface area contributed by atoms with Crippen molar-refractivity contribution in [3.63, 3.8) is 0 Å². The Labute approximate surface area is 111 Å². The summed E-state index contributed by atoms with van der Waals surface area (Å²) in [5.74, 6) is -0.802. The second-order valence-electron chi connectivity index (χ2n) is 3.46. The Hall–Kier alpha value is -1.21. The van der Waals surface area contributed by atoms with Gasteiger partial charge >= 0.3 is 12.6 Å². The zero-order valence-corrected chi connectivity index (χ0v) is 10.9. The molecule has 0 aromatic heterocycles. The highest BCUT2D eigenvalue weighted by Crippen LogP contribution is 2.27. The van der Waals surface area contributed by atoms with Gasteiger partial charge in [0.2, 0.25) is 0 Å². The van der Waals surface area contributed by atoms with E-state index in [9.17, 15) is 13.6 Å². The normalized spacial score (nSPS) is 10.7. The lowest BCUT2D eigenvalue weighted by atomic mass is 10.2. The molecule has 4 nitrogen and oxygen atoms in total. The first-order chi connectivity index (χ1) is 8.49. The summed E-state index contributed by atoms with van der Waals surface area (Å²) in [6, 6.07) is 4.71. The minimum absolute atomic E-state index is 0.0355. The molecule has 0 spiro atoms. The molecule has 0 atom stereocenters. The highest BCUT2D eigenvalue weighted by Gasteiger charge is 2.08. The van der Waals surface area contributed by atoms with Gasteiger partial charge in [-0.2, -0.15) is 8.78 Å². The molecular weight excluding hydrogens is 312 g/mol. The SMILES string of the molecule is O=C(O)CCNCc1ccc(OC(F)F)c(Br)c1. The van der Waals surface area contributed by atoms with Crippen LogP contribution in [0.1, 0.15) is 12.0 Å². The molecule has 0 bridgehead atoms. The summed E-state index contributed by atoms with van der Waals surface area (Å²) in [6.07, 6.45) is 0.0355. The van der Waals surface area contributed by atoms with Gasteiger partial charge < -0.3 is 15.2 Å². The molecule has 0 aliphatic carbocycles. The van der Waals surface area contributed by atoms with Crippen LogP contribution < -0.4 is 10.1 Å². The van der Waals surface area contributed by atoms with Crippen LogP contribution in [-0.4, -0.2) is 24.2 Å². The molecule has 0 heterocycles. The zero-order chi connectivity index (χ0) is 13.5. The zero-order valence-electron chi connectivity index (χ0n) is 9.33. The Bertz CT molecular complexity index is 415. The number of benzene rings is 1. The Morgan fingerprint density at radius 2 is 2.22 bits per heavy atom. The fourth-order valence-corrected chi connectivity index (χ4v) is 1.79. The lowest BCUT2D eigenvalue weighted by Crippen LogP contribution is -2.17. The summed E-state index contributed by atoms with van der Waals surface area (Å²) < 4.78 is 28.7. The monoisotopic (exact) mass is 323 g/mol. The molecule has 7 heteroatoms. The van der Waals surface area contributed by atoms with Crippen molar-refractivity contribution in [2.75, 3.05) is 6.54 Å². The lowest BCUT2D eigenvalue weighted by molar-refractivity contribution is -0.136. The van der Waals surface area contributed by atoms with Crippen molar-refractivity contribution >= 4 is 21.9 Å². The second kappa shape index (κ2) is 7.27. The molecule has 1 rings (SSSR count). The van der Waals surface area contributed by atoms with E-state index in [-0.39, 0.29) is 12.2 Å². The molecule has 0 amide bonds. The second-order valence-corrected chi connectivity index (χ2v) is 4.32. The largest absolute Gasteiger partial charge is 0.481 e. The Morgan fingerprint density at radius 1 is 1.50 bits per heavy atom. The third kappa shape index (κ3) is 5.42. The number of carboxylic acid groups (broad SMARTS) is 1. The van der Waals surface area contributed by atoms with E-state index >= 15 is 0 Å². The van der Waals surface area contributed by atoms with E-state index in [0.29, 0.717) is 17.6 Å². The van der Waals surface area contributed by atoms with Gasteiger partial charge in [0.25, 0.3) is 0 Å². The summed E-state index contributed by atoms with van der Waals surface area (Å²) >= 11 is 3.13. The van der Waals surface area contributed by atoms with E-state index in [1.165, 1.54) is 6.07 Å². The number of alkyl halides is 2. The third-order valence-electron chi connectivity index (χ3n) is 2.06. The highest BCUT2D eigenvalue weighted by molar-refractivity contribution is 9.10. The first-order valence-corrected chi connectivity index (χ1v) is 5.94. The van der Waals surface area contributed by atoms with Gasteiger partial charge in [-0.05, 0) is 33.6 Å². The van der Waals surface area contributed by atoms with Crippen molar-refractivity contribution in [3.05, 3.63) is 28.2 Å². The molecule has 1 aromatic carbocycles. The summed E-state index contributed by atoms with van der Waals surface area (Å²) in [7, 11) is 0. The maximum Gasteiger partial charge on any atom is 0.387 e. The van der Waals surface area contributed by atoms with Gasteiger partial charge in [-0.25, -0.2) is 0 Å². The molecule has 100 valence electrons. The van der Waals surface area contributed by atoms with Crippen LogP contribution in [0.25, 0.3) is 0 Å². The molecule has 0 unspecified atom stereocenters. The Balaban J connectivity index is 2.48. The van der Waals surface area contributed by atoms with Gasteiger partial charge in [-0.1, -0.05) is 6.07 Å². The van der Waals surface area contributed by atoms with Crippen molar-refractivity contribution in [1.82, 2.24) is 5.32 Å². The number of hydrogen-bond acceptors (Lipinski definition) is 3. The first kappa shape index (κ1) is 14.8. The van der Waals surface area contributed by atoms with Gasteiger partial charge in [0.1, 0.15) is 5.75 Å². The van der Waals surface area contributed by atoms with Crippen molar-refractivity contribution < 1.29 is 23.4 Å². The summed E-state index contributed by atoms with van der Waals surface area (Å²) in [5, 5.41) is 11.4. The molecule has 18 heavy (non-hydrogen) atoms. The molecule has 2 N–H and O–H groups in total. The number of hydrogen-bond donors (Lipinski definition) is 2. The molecule has 1 aromatic rings. The number of carbonyl (C=O) groups is 1. The molecule has 0 radical (unpaired) electrons. The van der Waals surface area contributed by atoms with E-state index in [0.717, 1.165) is 5.56 Å². The van der Waals surface area contributed by atoms with Gasteiger partial charge in [-0.3, -0.25) is 4.79 Å². The molecule has 0 aliphatic heterocycles. The van der Waals surface area contributed by atoms with Gasteiger partial charge in [-0.15, -0.1) is 0 Å². The van der Waals surface area contributed by atoms with Crippen LogP contribution in [0.2, 0.25) is 0 Å². The quantitative estimate of drug-likeness (QED) is 0.757. The fourth-order valence-electron chi connectivity index (χ4n) is 1.27.